The van der Waals surface area contributed by atoms with Crippen molar-refractivity contribution < 1.29 is 35.5 Å². The van der Waals surface area contributed by atoms with E-state index in [-0.39, 0.29) is 58.6 Å². The zero-order chi connectivity index (χ0) is 41.7. The number of carbonyl (C=O) groups is 1. The molecule has 0 aliphatic carbocycles. The molecule has 6 aromatic rings. The van der Waals surface area contributed by atoms with E-state index in [1.165, 1.54) is 21.6 Å². The predicted molar refractivity (Wildman–Crippen MR) is 208 cm³/mol. The number of hydrogen-bond donors (Lipinski definition) is 1. The fourth-order valence-corrected chi connectivity index (χ4v) is 9.25. The molecular weight excluding hydrogens is 797 g/mol. The van der Waals surface area contributed by atoms with Gasteiger partial charge in [0, 0.05) is 38.3 Å². The second-order valence-corrected chi connectivity index (χ2v) is 18.0. The lowest BCUT2D eigenvalue weighted by molar-refractivity contribution is -0.131. The number of pyridine rings is 2. The molecule has 0 radical (unpaired) electrons. The number of rotatable bonds is 10. The molecule has 7 rings (SSSR count). The molecule has 2 aromatic carbocycles. The van der Waals surface area contributed by atoms with Crippen LogP contribution in [0.15, 0.2) is 88.0 Å². The largest absolute Gasteiger partial charge is 0.507 e. The molecular formula is C38H37F2N9O7S2. The summed E-state index contributed by atoms with van der Waals surface area (Å²) in [5.74, 6) is -3.56. The second kappa shape index (κ2) is 15.3. The average Bonchev–Trinajstić information content (AvgIpc) is 3.74. The summed E-state index contributed by atoms with van der Waals surface area (Å²) in [6.07, 6.45) is 3.29. The molecule has 1 fully saturated rings. The molecule has 1 aliphatic heterocycles. The normalized spacial score (nSPS) is 15.1. The lowest BCUT2D eigenvalue weighted by Crippen LogP contribution is -2.54. The van der Waals surface area contributed by atoms with Crippen LogP contribution in [0.2, 0.25) is 0 Å². The molecule has 0 unspecified atom stereocenters. The van der Waals surface area contributed by atoms with Crippen LogP contribution in [0.25, 0.3) is 28.0 Å². The number of aromatic nitrogens is 7. The molecule has 1 saturated heterocycles. The summed E-state index contributed by atoms with van der Waals surface area (Å²) in [5.41, 5.74) is -0.284. The number of benzene rings is 2. The number of aryl methyl sites for hydroxylation is 1. The number of phenolic OH excluding ortho intramolecular Hbond substituents is 1. The van der Waals surface area contributed by atoms with Gasteiger partial charge >= 0.3 is 5.69 Å². The number of halogens is 2. The summed E-state index contributed by atoms with van der Waals surface area (Å²) in [4.78, 5) is 47.5. The minimum atomic E-state index is -4.07. The number of phenols is 1. The number of sulfone groups is 1. The van der Waals surface area contributed by atoms with Gasteiger partial charge < -0.3 is 14.9 Å². The Morgan fingerprint density at radius 1 is 0.983 bits per heavy atom. The Labute approximate surface area is 331 Å². The molecule has 58 heavy (non-hydrogen) atoms. The topological polar surface area (TPSA) is 203 Å². The molecule has 0 saturated carbocycles. The molecule has 1 N–H and O–H groups in total. The molecule has 0 bridgehead atoms. The highest BCUT2D eigenvalue weighted by Gasteiger charge is 2.32. The molecule has 1 atom stereocenters. The number of piperazine rings is 1. The van der Waals surface area contributed by atoms with E-state index in [1.807, 2.05) is 13.8 Å². The van der Waals surface area contributed by atoms with Gasteiger partial charge in [-0.2, -0.15) is 13.4 Å². The summed E-state index contributed by atoms with van der Waals surface area (Å²) in [6, 6.07) is 10.4. The van der Waals surface area contributed by atoms with Crippen LogP contribution in [0.5, 0.6) is 5.75 Å². The third kappa shape index (κ3) is 7.28. The van der Waals surface area contributed by atoms with Crippen LogP contribution in [0, 0.1) is 18.6 Å². The van der Waals surface area contributed by atoms with Gasteiger partial charge in [0.2, 0.25) is 5.91 Å². The van der Waals surface area contributed by atoms with Crippen molar-refractivity contribution in [1.82, 2.24) is 38.6 Å². The molecule has 20 heteroatoms. The van der Waals surface area contributed by atoms with E-state index in [0.717, 1.165) is 49.1 Å². The lowest BCUT2D eigenvalue weighted by Gasteiger charge is -2.41. The van der Waals surface area contributed by atoms with Crippen molar-refractivity contribution in [1.29, 1.82) is 0 Å². The molecule has 1 amide bonds. The molecule has 16 nitrogen and oxygen atoms in total. The third-order valence-electron chi connectivity index (χ3n) is 9.92. The number of nitrogens with zero attached hydrogens (tertiary/aromatic N) is 9. The van der Waals surface area contributed by atoms with Gasteiger partial charge in [0.15, 0.2) is 21.3 Å². The van der Waals surface area contributed by atoms with Crippen molar-refractivity contribution in [2.75, 3.05) is 30.3 Å². The van der Waals surface area contributed by atoms with E-state index in [4.69, 9.17) is 0 Å². The van der Waals surface area contributed by atoms with Gasteiger partial charge in [0.25, 0.3) is 10.0 Å². The number of aromatic hydroxyl groups is 1. The molecule has 5 heterocycles. The zero-order valence-corrected chi connectivity index (χ0v) is 33.2. The smallest absolute Gasteiger partial charge is 0.355 e. The van der Waals surface area contributed by atoms with E-state index >= 15 is 8.78 Å². The SMILES string of the molecule is Cc1ccnc(C(C)C)c1-n1c(=O)nc(N2CCN(C(=O)CCS(=O)(=O)c3ccc(S(=O)(=O)n4cncn4)cc3)C[C@@H]2C)c2cc(F)c(-c3c(O)cccc3F)nc21. The molecule has 1 aliphatic rings. The Balaban J connectivity index is 1.17. The van der Waals surface area contributed by atoms with E-state index in [2.05, 4.69) is 25.0 Å². The van der Waals surface area contributed by atoms with Crippen molar-refractivity contribution in [3.05, 3.63) is 107 Å². The van der Waals surface area contributed by atoms with E-state index in [1.54, 1.807) is 31.0 Å². The average molecular weight is 834 g/mol. The van der Waals surface area contributed by atoms with Gasteiger partial charge in [-0.15, -0.1) is 9.19 Å². The maximum atomic E-state index is 16.1. The summed E-state index contributed by atoms with van der Waals surface area (Å²) in [5, 5.41) is 14.3. The summed E-state index contributed by atoms with van der Waals surface area (Å²) in [7, 11) is -8.07. The van der Waals surface area contributed by atoms with E-state index in [0.29, 0.717) is 21.0 Å². The predicted octanol–water partition coefficient (Wildman–Crippen LogP) is 3.99. The zero-order valence-electron chi connectivity index (χ0n) is 31.6. The summed E-state index contributed by atoms with van der Waals surface area (Å²) in [6.45, 7) is 7.63. The molecule has 4 aromatic heterocycles. The van der Waals surface area contributed by atoms with Crippen LogP contribution < -0.4 is 10.6 Å². The first-order chi connectivity index (χ1) is 27.5. The highest BCUT2D eigenvalue weighted by Crippen LogP contribution is 2.37. The highest BCUT2D eigenvalue weighted by molar-refractivity contribution is 7.91. The van der Waals surface area contributed by atoms with E-state index in [9.17, 15) is 31.5 Å². The second-order valence-electron chi connectivity index (χ2n) is 14.1. The Morgan fingerprint density at radius 2 is 1.71 bits per heavy atom. The van der Waals surface area contributed by atoms with Crippen LogP contribution in [0.4, 0.5) is 14.6 Å². The van der Waals surface area contributed by atoms with E-state index < -0.39 is 71.9 Å². The van der Waals surface area contributed by atoms with Gasteiger partial charge in [-0.25, -0.2) is 36.5 Å². The Hall–Kier alpha value is -6.15. The van der Waals surface area contributed by atoms with Gasteiger partial charge in [0.05, 0.1) is 37.9 Å². The Morgan fingerprint density at radius 3 is 2.36 bits per heavy atom. The first kappa shape index (κ1) is 40.1. The minimum absolute atomic E-state index is 0.0630. The fourth-order valence-electron chi connectivity index (χ4n) is 6.98. The standard InChI is InChI=1S/C38H37F2N9O7S2/c1-22(2)33-35(23(3)12-14-42-33)49-37-27(18-29(40)34(44-37)32-28(39)6-5-7-30(32)50)36(45-38(49)52)47-16-15-46(19-24(47)4)31(51)13-17-57(53,54)25-8-10-26(11-9-25)58(55,56)48-21-41-20-43-48/h5-12,14,18,20-22,24,50H,13,15-17,19H2,1-4H3/t24-/m0/s1. The molecule has 0 spiro atoms. The maximum absolute atomic E-state index is 16.1. The number of carbonyl (C=O) groups excluding carboxylic acids is 1. The van der Waals surface area contributed by atoms with Crippen molar-refractivity contribution >= 4 is 42.6 Å². The van der Waals surface area contributed by atoms with Crippen molar-refractivity contribution in [3.8, 4) is 22.7 Å². The maximum Gasteiger partial charge on any atom is 0.355 e. The fraction of sp³-hybridized carbons (Fsp3) is 0.289. The highest BCUT2D eigenvalue weighted by atomic mass is 32.2. The van der Waals surface area contributed by atoms with Crippen LogP contribution in [0.1, 0.15) is 44.4 Å². The lowest BCUT2D eigenvalue weighted by atomic mass is 10.0. The summed E-state index contributed by atoms with van der Waals surface area (Å²) >= 11 is 0. The first-order valence-corrected chi connectivity index (χ1v) is 21.1. The number of hydrogen-bond acceptors (Lipinski definition) is 13. The van der Waals surface area contributed by atoms with Gasteiger partial charge in [0.1, 0.15) is 35.7 Å². The number of amides is 1. The number of fused-ring (bicyclic) bond motifs is 1. The van der Waals surface area contributed by atoms with Crippen LogP contribution >= 0.6 is 0 Å². The summed E-state index contributed by atoms with van der Waals surface area (Å²) < 4.78 is 84.8. The number of anilines is 1. The Bertz CT molecular complexity index is 2830. The van der Waals surface area contributed by atoms with Crippen LogP contribution in [0.3, 0.4) is 0 Å². The Kier molecular flexibility index (Phi) is 10.6. The monoisotopic (exact) mass is 833 g/mol. The minimum Gasteiger partial charge on any atom is -0.507 e. The quantitative estimate of drug-likeness (QED) is 0.208. The molecule has 302 valence electrons. The van der Waals surface area contributed by atoms with Gasteiger partial charge in [-0.3, -0.25) is 9.78 Å². The van der Waals surface area contributed by atoms with Crippen LogP contribution in [-0.2, 0) is 24.7 Å². The van der Waals surface area contributed by atoms with Gasteiger partial charge in [-0.05, 0) is 73.9 Å². The van der Waals surface area contributed by atoms with Crippen molar-refractivity contribution in [3.63, 3.8) is 0 Å². The van der Waals surface area contributed by atoms with Crippen LogP contribution in [-0.4, -0.2) is 97.9 Å². The first-order valence-electron chi connectivity index (χ1n) is 18.0. The van der Waals surface area contributed by atoms with Crippen molar-refractivity contribution in [2.45, 2.75) is 55.9 Å². The third-order valence-corrected chi connectivity index (χ3v) is 13.2. The van der Waals surface area contributed by atoms with Crippen molar-refractivity contribution in [2.24, 2.45) is 0 Å². The van der Waals surface area contributed by atoms with Gasteiger partial charge in [-0.1, -0.05) is 19.9 Å².